The third-order valence-corrected chi connectivity index (χ3v) is 6.99. The molecule has 1 aliphatic heterocycles. The van der Waals surface area contributed by atoms with Gasteiger partial charge in [-0.1, -0.05) is 24.3 Å². The molecule has 1 aliphatic carbocycles. The van der Waals surface area contributed by atoms with Crippen LogP contribution in [0, 0.1) is 0 Å². The first-order chi connectivity index (χ1) is 18.8. The first kappa shape index (κ1) is 25.2. The van der Waals surface area contributed by atoms with Crippen molar-refractivity contribution >= 4 is 5.82 Å². The number of methoxy groups -OCH3 is 1. The zero-order valence-corrected chi connectivity index (χ0v) is 21.5. The molecule has 0 unspecified atom stereocenters. The number of anilines is 1. The van der Waals surface area contributed by atoms with Gasteiger partial charge in [-0.05, 0) is 18.4 Å². The fraction of sp³-hybridized carbons (Fsp3) is 0.370. The molecule has 6 rings (SSSR count). The van der Waals surface area contributed by atoms with Crippen LogP contribution in [0.3, 0.4) is 0 Å². The van der Waals surface area contributed by atoms with E-state index in [0.717, 1.165) is 65.9 Å². The number of aryl methyl sites for hydroxylation is 1. The van der Waals surface area contributed by atoms with Gasteiger partial charge in [0.25, 0.3) is 0 Å². The Morgan fingerprint density at radius 1 is 1.10 bits per heavy atom. The Bertz CT molecular complexity index is 1510. The van der Waals surface area contributed by atoms with Gasteiger partial charge in [-0.3, -0.25) is 0 Å². The number of nitrogens with one attached hydrogen (secondary N) is 2. The Morgan fingerprint density at radius 2 is 1.90 bits per heavy atom. The number of ether oxygens (including phenoxy) is 1. The molecular weight excluding hydrogens is 509 g/mol. The Kier molecular flexibility index (Phi) is 6.42. The van der Waals surface area contributed by atoms with Crippen molar-refractivity contribution in [3.63, 3.8) is 0 Å². The van der Waals surface area contributed by atoms with Gasteiger partial charge in [0.05, 0.1) is 18.5 Å². The van der Waals surface area contributed by atoms with Crippen LogP contribution in [-0.4, -0.2) is 43.1 Å². The van der Waals surface area contributed by atoms with Gasteiger partial charge in [0.2, 0.25) is 5.88 Å². The maximum Gasteiger partial charge on any atom is 0.434 e. The summed E-state index contributed by atoms with van der Waals surface area (Å²) in [6, 6.07) is 7.29. The third kappa shape index (κ3) is 5.03. The van der Waals surface area contributed by atoms with E-state index in [2.05, 4.69) is 25.6 Å². The summed E-state index contributed by atoms with van der Waals surface area (Å²) in [6.07, 6.45) is 0.941. The summed E-state index contributed by atoms with van der Waals surface area (Å²) in [7, 11) is 3.14. The van der Waals surface area contributed by atoms with Crippen molar-refractivity contribution in [2.45, 2.75) is 44.4 Å². The molecule has 0 bridgehead atoms. The molecule has 3 aromatic heterocycles. The van der Waals surface area contributed by atoms with Crippen LogP contribution in [0.1, 0.15) is 47.0 Å². The molecule has 2 aliphatic rings. The van der Waals surface area contributed by atoms with Crippen LogP contribution in [0.15, 0.2) is 36.8 Å². The fourth-order valence-electron chi connectivity index (χ4n) is 4.84. The summed E-state index contributed by atoms with van der Waals surface area (Å²) in [4.78, 5) is 22.5. The minimum atomic E-state index is -4.49. The van der Waals surface area contributed by atoms with Crippen molar-refractivity contribution in [2.24, 2.45) is 7.05 Å². The molecule has 1 saturated carbocycles. The molecule has 4 aromatic rings. The van der Waals surface area contributed by atoms with E-state index in [1.807, 2.05) is 12.1 Å². The predicted molar refractivity (Wildman–Crippen MR) is 138 cm³/mol. The minimum absolute atomic E-state index is 0.257. The highest BCUT2D eigenvalue weighted by Crippen LogP contribution is 2.45. The van der Waals surface area contributed by atoms with Crippen LogP contribution in [0.25, 0.3) is 22.8 Å². The Labute approximate surface area is 222 Å². The highest BCUT2D eigenvalue weighted by Gasteiger charge is 2.35. The van der Waals surface area contributed by atoms with Gasteiger partial charge in [0.15, 0.2) is 11.5 Å². The van der Waals surface area contributed by atoms with Gasteiger partial charge in [-0.2, -0.15) is 13.2 Å². The number of aromatic nitrogens is 6. The summed E-state index contributed by atoms with van der Waals surface area (Å²) in [6.45, 7) is 1.94. The lowest BCUT2D eigenvalue weighted by Gasteiger charge is -2.21. The molecule has 9 nitrogen and oxygen atoms in total. The second-order valence-electron chi connectivity index (χ2n) is 9.77. The van der Waals surface area contributed by atoms with Gasteiger partial charge in [-0.25, -0.2) is 24.9 Å². The highest BCUT2D eigenvalue weighted by atomic mass is 19.4. The fourth-order valence-corrected chi connectivity index (χ4v) is 4.84. The lowest BCUT2D eigenvalue weighted by Crippen LogP contribution is -2.26. The SMILES string of the molecule is COc1ncnc(C2CC2)c1-c1nc2c(c(NCc3ccc(-c4nc(C(F)(F)F)cn4C)cc3)n1)CNCC2. The van der Waals surface area contributed by atoms with E-state index in [0.29, 0.717) is 36.3 Å². The van der Waals surface area contributed by atoms with Crippen LogP contribution >= 0.6 is 0 Å². The lowest BCUT2D eigenvalue weighted by molar-refractivity contribution is -0.140. The average molecular weight is 537 g/mol. The number of hydrogen-bond donors (Lipinski definition) is 2. The number of imidazole rings is 1. The van der Waals surface area contributed by atoms with E-state index < -0.39 is 11.9 Å². The zero-order chi connectivity index (χ0) is 27.1. The third-order valence-electron chi connectivity index (χ3n) is 6.99. The van der Waals surface area contributed by atoms with E-state index in [4.69, 9.17) is 14.7 Å². The number of benzene rings is 1. The summed E-state index contributed by atoms with van der Waals surface area (Å²) in [5.41, 5.74) is 4.28. The number of hydrogen-bond acceptors (Lipinski definition) is 8. The molecule has 4 heterocycles. The van der Waals surface area contributed by atoms with Crippen molar-refractivity contribution < 1.29 is 17.9 Å². The number of rotatable bonds is 7. The van der Waals surface area contributed by atoms with Crippen molar-refractivity contribution in [3.8, 4) is 28.7 Å². The van der Waals surface area contributed by atoms with E-state index in [1.165, 1.54) is 10.9 Å². The molecule has 0 saturated heterocycles. The van der Waals surface area contributed by atoms with Gasteiger partial charge >= 0.3 is 6.18 Å². The smallest absolute Gasteiger partial charge is 0.434 e. The van der Waals surface area contributed by atoms with Crippen LogP contribution in [0.2, 0.25) is 0 Å². The van der Waals surface area contributed by atoms with Crippen LogP contribution in [0.4, 0.5) is 19.0 Å². The maximum atomic E-state index is 13.1. The summed E-state index contributed by atoms with van der Waals surface area (Å²) in [5, 5.41) is 6.84. The Balaban J connectivity index is 1.28. The standard InChI is InChI=1S/C27H27F3N8O/c1-38-13-20(27(28,29)30)36-25(38)17-5-3-15(4-6-17)11-32-23-18-12-31-10-9-19(18)35-24(37-23)21-22(16-7-8-16)33-14-34-26(21)39-2/h3-6,13-14,16,31H,7-12H2,1-2H3,(H,32,35,37). The molecule has 0 radical (unpaired) electrons. The van der Waals surface area contributed by atoms with E-state index in [9.17, 15) is 13.2 Å². The van der Waals surface area contributed by atoms with Gasteiger partial charge in [0, 0.05) is 56.3 Å². The molecule has 39 heavy (non-hydrogen) atoms. The number of halogens is 3. The first-order valence-corrected chi connectivity index (χ1v) is 12.8. The van der Waals surface area contributed by atoms with E-state index in [-0.39, 0.29) is 5.82 Å². The minimum Gasteiger partial charge on any atom is -0.480 e. The van der Waals surface area contributed by atoms with Crippen molar-refractivity contribution in [1.29, 1.82) is 0 Å². The molecule has 0 atom stereocenters. The second kappa shape index (κ2) is 9.92. The number of nitrogens with zero attached hydrogens (tertiary/aromatic N) is 6. The lowest BCUT2D eigenvalue weighted by atomic mass is 10.1. The van der Waals surface area contributed by atoms with Crippen LogP contribution in [-0.2, 0) is 32.7 Å². The number of alkyl halides is 3. The first-order valence-electron chi connectivity index (χ1n) is 12.8. The molecule has 0 spiro atoms. The molecule has 202 valence electrons. The molecular formula is C27H27F3N8O. The largest absolute Gasteiger partial charge is 0.480 e. The average Bonchev–Trinajstić information content (AvgIpc) is 3.71. The summed E-state index contributed by atoms with van der Waals surface area (Å²) in [5.74, 6) is 2.35. The summed E-state index contributed by atoms with van der Waals surface area (Å²) >= 11 is 0. The van der Waals surface area contributed by atoms with Crippen molar-refractivity contribution in [3.05, 3.63) is 65.0 Å². The Morgan fingerprint density at radius 3 is 2.59 bits per heavy atom. The van der Waals surface area contributed by atoms with Crippen LogP contribution < -0.4 is 15.4 Å². The molecule has 1 aromatic carbocycles. The molecule has 1 fully saturated rings. The maximum absolute atomic E-state index is 13.1. The van der Waals surface area contributed by atoms with Crippen LogP contribution in [0.5, 0.6) is 5.88 Å². The van der Waals surface area contributed by atoms with Crippen molar-refractivity contribution in [2.75, 3.05) is 19.0 Å². The monoisotopic (exact) mass is 536 g/mol. The molecule has 12 heteroatoms. The van der Waals surface area contributed by atoms with E-state index in [1.54, 1.807) is 26.3 Å². The molecule has 2 N–H and O–H groups in total. The van der Waals surface area contributed by atoms with Crippen molar-refractivity contribution in [1.82, 2.24) is 34.8 Å². The summed E-state index contributed by atoms with van der Waals surface area (Å²) < 4.78 is 46.2. The van der Waals surface area contributed by atoms with Gasteiger partial charge in [-0.15, -0.1) is 0 Å². The Hall–Kier alpha value is -4.06. The zero-order valence-electron chi connectivity index (χ0n) is 21.5. The van der Waals surface area contributed by atoms with Gasteiger partial charge < -0.3 is 19.9 Å². The highest BCUT2D eigenvalue weighted by molar-refractivity contribution is 5.68. The number of fused-ring (bicyclic) bond motifs is 1. The second-order valence-corrected chi connectivity index (χ2v) is 9.77. The normalized spacial score (nSPS) is 15.2. The van der Waals surface area contributed by atoms with E-state index >= 15 is 0 Å². The molecule has 0 amide bonds. The van der Waals surface area contributed by atoms with Gasteiger partial charge in [0.1, 0.15) is 23.5 Å². The topological polar surface area (TPSA) is 103 Å². The predicted octanol–water partition coefficient (Wildman–Crippen LogP) is 4.50. The quantitative estimate of drug-likeness (QED) is 0.356.